The summed E-state index contributed by atoms with van der Waals surface area (Å²) >= 11 is 0. The van der Waals surface area contributed by atoms with E-state index in [1.165, 1.54) is 5.56 Å². The van der Waals surface area contributed by atoms with Crippen LogP contribution in [-0.2, 0) is 10.2 Å². The molecule has 166 valence electrons. The zero-order valence-electron chi connectivity index (χ0n) is 19.0. The summed E-state index contributed by atoms with van der Waals surface area (Å²) in [7, 11) is 0. The predicted octanol–water partition coefficient (Wildman–Crippen LogP) is 4.30. The lowest BCUT2D eigenvalue weighted by Crippen LogP contribution is -2.31. The molecule has 32 heavy (non-hydrogen) atoms. The molecule has 8 heteroatoms. The van der Waals surface area contributed by atoms with E-state index >= 15 is 0 Å². The van der Waals surface area contributed by atoms with Crippen molar-refractivity contribution in [3.05, 3.63) is 70.9 Å². The topological polar surface area (TPSA) is 94.0 Å². The van der Waals surface area contributed by atoms with Crippen LogP contribution in [0.5, 0.6) is 5.75 Å². The number of rotatable bonds is 5. The molecule has 8 nitrogen and oxygen atoms in total. The third kappa shape index (κ3) is 4.08. The fraction of sp³-hybridized carbons (Fsp3) is 0.333. The molecule has 0 fully saturated rings. The first-order chi connectivity index (χ1) is 15.3. The average molecular weight is 433 g/mol. The number of amides is 1. The molecule has 1 aliphatic rings. The lowest BCUT2D eigenvalue weighted by molar-refractivity contribution is -0.113. The molecule has 3 aromatic rings. The van der Waals surface area contributed by atoms with Crippen molar-refractivity contribution in [3.8, 4) is 5.75 Å². The molecule has 1 atom stereocenters. The number of allylic oxidation sites excluding steroid dienone is 1. The van der Waals surface area contributed by atoms with Gasteiger partial charge in [0.25, 0.3) is 5.91 Å². The van der Waals surface area contributed by atoms with Crippen LogP contribution in [0.15, 0.2) is 59.8 Å². The Hall–Kier alpha value is -3.68. The molecule has 2 heterocycles. The molecule has 2 N–H and O–H groups in total. The maximum absolute atomic E-state index is 13.5. The Bertz CT molecular complexity index is 1160. The summed E-state index contributed by atoms with van der Waals surface area (Å²) in [6, 6.07) is 15.2. The van der Waals surface area contributed by atoms with Crippen molar-refractivity contribution < 1.29 is 9.53 Å². The maximum atomic E-state index is 13.5. The van der Waals surface area contributed by atoms with Crippen molar-refractivity contribution in [3.63, 3.8) is 0 Å². The summed E-state index contributed by atoms with van der Waals surface area (Å²) < 4.78 is 7.31. The minimum atomic E-state index is -0.463. The zero-order valence-corrected chi connectivity index (χ0v) is 19.0. The quantitative estimate of drug-likeness (QED) is 0.624. The molecule has 0 bridgehead atoms. The van der Waals surface area contributed by atoms with Crippen LogP contribution in [0.4, 0.5) is 11.6 Å². The van der Waals surface area contributed by atoms with E-state index in [-0.39, 0.29) is 11.3 Å². The summed E-state index contributed by atoms with van der Waals surface area (Å²) in [5.74, 6) is 0.881. The number of nitrogens with zero attached hydrogens (tertiary/aromatic N) is 4. The van der Waals surface area contributed by atoms with Gasteiger partial charge < -0.3 is 15.4 Å². The third-order valence-corrected chi connectivity index (χ3v) is 5.49. The maximum Gasteiger partial charge on any atom is 0.255 e. The number of aromatic nitrogens is 4. The molecule has 1 amide bonds. The second-order valence-electron chi connectivity index (χ2n) is 8.77. The highest BCUT2D eigenvalue weighted by Crippen LogP contribution is 2.36. The molecular formula is C24H28N6O2. The van der Waals surface area contributed by atoms with E-state index in [1.807, 2.05) is 50.2 Å². The number of tetrazole rings is 1. The van der Waals surface area contributed by atoms with Gasteiger partial charge >= 0.3 is 0 Å². The highest BCUT2D eigenvalue weighted by molar-refractivity contribution is 6.06. The van der Waals surface area contributed by atoms with E-state index in [1.54, 1.807) is 4.68 Å². The smallest absolute Gasteiger partial charge is 0.255 e. The Kier molecular flexibility index (Phi) is 5.69. The lowest BCUT2D eigenvalue weighted by atomic mass is 9.85. The fourth-order valence-corrected chi connectivity index (χ4v) is 3.82. The number of hydrogen-bond donors (Lipinski definition) is 2. The van der Waals surface area contributed by atoms with Crippen molar-refractivity contribution >= 4 is 17.5 Å². The molecule has 1 aliphatic heterocycles. The Morgan fingerprint density at radius 1 is 1.16 bits per heavy atom. The van der Waals surface area contributed by atoms with Crippen LogP contribution >= 0.6 is 0 Å². The molecule has 0 aliphatic carbocycles. The summed E-state index contributed by atoms with van der Waals surface area (Å²) in [5.41, 5.74) is 4.02. The van der Waals surface area contributed by atoms with Gasteiger partial charge in [0.1, 0.15) is 11.8 Å². The first-order valence-electron chi connectivity index (χ1n) is 10.7. The summed E-state index contributed by atoms with van der Waals surface area (Å²) in [6.07, 6.45) is 0. The van der Waals surface area contributed by atoms with E-state index < -0.39 is 6.04 Å². The van der Waals surface area contributed by atoms with E-state index in [4.69, 9.17) is 4.74 Å². The van der Waals surface area contributed by atoms with Crippen LogP contribution in [0.25, 0.3) is 0 Å². The van der Waals surface area contributed by atoms with Gasteiger partial charge in [-0.3, -0.25) is 4.79 Å². The first kappa shape index (κ1) is 21.5. The van der Waals surface area contributed by atoms with Crippen LogP contribution < -0.4 is 15.4 Å². The van der Waals surface area contributed by atoms with E-state index in [0.29, 0.717) is 35.3 Å². The fourth-order valence-electron chi connectivity index (χ4n) is 3.82. The number of fused-ring (bicyclic) bond motifs is 1. The Morgan fingerprint density at radius 3 is 2.56 bits per heavy atom. The summed E-state index contributed by atoms with van der Waals surface area (Å²) in [6.45, 7) is 10.8. The Balaban J connectivity index is 1.73. The number of hydrogen-bond acceptors (Lipinski definition) is 6. The van der Waals surface area contributed by atoms with Gasteiger partial charge in [0, 0.05) is 5.70 Å². The van der Waals surface area contributed by atoms with Crippen LogP contribution in [-0.4, -0.2) is 32.7 Å². The van der Waals surface area contributed by atoms with Gasteiger partial charge in [0.2, 0.25) is 5.95 Å². The van der Waals surface area contributed by atoms with Gasteiger partial charge in [-0.2, -0.15) is 4.68 Å². The highest BCUT2D eigenvalue weighted by atomic mass is 16.5. The van der Waals surface area contributed by atoms with Gasteiger partial charge in [-0.05, 0) is 52.9 Å². The molecule has 1 unspecified atom stereocenters. The van der Waals surface area contributed by atoms with Gasteiger partial charge in [-0.1, -0.05) is 62.3 Å². The SMILES string of the molecule is CCOc1ccccc1NC(=O)C1=C(C)Nc2nnnn2C1c1ccc(C(C)(C)C)cc1. The first-order valence-corrected chi connectivity index (χ1v) is 10.7. The van der Waals surface area contributed by atoms with Gasteiger partial charge in [-0.25, -0.2) is 0 Å². The van der Waals surface area contributed by atoms with Crippen molar-refractivity contribution in [1.82, 2.24) is 20.2 Å². The van der Waals surface area contributed by atoms with Gasteiger partial charge in [0.15, 0.2) is 0 Å². The average Bonchev–Trinajstić information content (AvgIpc) is 3.21. The minimum Gasteiger partial charge on any atom is -0.492 e. The Labute approximate surface area is 187 Å². The number of para-hydroxylation sites is 2. The normalized spacial score (nSPS) is 15.7. The minimum absolute atomic E-state index is 0.0293. The zero-order chi connectivity index (χ0) is 22.9. The monoisotopic (exact) mass is 432 g/mol. The van der Waals surface area contributed by atoms with Crippen molar-refractivity contribution in [2.24, 2.45) is 0 Å². The van der Waals surface area contributed by atoms with Crippen LogP contribution in [0.2, 0.25) is 0 Å². The summed E-state index contributed by atoms with van der Waals surface area (Å²) in [4.78, 5) is 13.5. The van der Waals surface area contributed by atoms with Crippen molar-refractivity contribution in [2.75, 3.05) is 17.2 Å². The van der Waals surface area contributed by atoms with Crippen molar-refractivity contribution in [1.29, 1.82) is 0 Å². The van der Waals surface area contributed by atoms with Crippen LogP contribution in [0.1, 0.15) is 51.8 Å². The van der Waals surface area contributed by atoms with Crippen molar-refractivity contribution in [2.45, 2.75) is 46.1 Å². The van der Waals surface area contributed by atoms with Crippen LogP contribution in [0.3, 0.4) is 0 Å². The molecular weight excluding hydrogens is 404 g/mol. The molecule has 0 radical (unpaired) electrons. The number of ether oxygens (including phenoxy) is 1. The number of carbonyl (C=O) groups is 1. The number of nitrogens with one attached hydrogen (secondary N) is 2. The van der Waals surface area contributed by atoms with E-state index in [2.05, 4.69) is 59.1 Å². The summed E-state index contributed by atoms with van der Waals surface area (Å²) in [5, 5.41) is 18.2. The second-order valence-corrected chi connectivity index (χ2v) is 8.77. The molecule has 1 aromatic heterocycles. The molecule has 2 aromatic carbocycles. The molecule has 0 spiro atoms. The molecule has 4 rings (SSSR count). The van der Waals surface area contributed by atoms with Gasteiger partial charge in [0.05, 0.1) is 17.9 Å². The second kappa shape index (κ2) is 8.45. The van der Waals surface area contributed by atoms with Crippen LogP contribution in [0, 0.1) is 0 Å². The standard InChI is InChI=1S/C24H28N6O2/c1-6-32-19-10-8-7-9-18(19)26-22(31)20-15(2)25-23-27-28-29-30(23)21(20)16-11-13-17(14-12-16)24(3,4)5/h7-14,21H,6H2,1-5H3,(H,26,31)(H,25,27,29). The molecule has 0 saturated carbocycles. The largest absolute Gasteiger partial charge is 0.492 e. The van der Waals surface area contributed by atoms with E-state index in [0.717, 1.165) is 5.56 Å². The Morgan fingerprint density at radius 2 is 1.88 bits per heavy atom. The third-order valence-electron chi connectivity index (χ3n) is 5.49. The number of benzene rings is 2. The van der Waals surface area contributed by atoms with Gasteiger partial charge in [-0.15, -0.1) is 0 Å². The predicted molar refractivity (Wildman–Crippen MR) is 124 cm³/mol. The number of anilines is 2. The lowest BCUT2D eigenvalue weighted by Gasteiger charge is -2.28. The van der Waals surface area contributed by atoms with E-state index in [9.17, 15) is 4.79 Å². The highest BCUT2D eigenvalue weighted by Gasteiger charge is 2.34. The number of carbonyl (C=O) groups excluding carboxylic acids is 1. The molecule has 0 saturated heterocycles.